The van der Waals surface area contributed by atoms with Gasteiger partial charge in [0.25, 0.3) is 0 Å². The second kappa shape index (κ2) is 6.53. The molecule has 26 heavy (non-hydrogen) atoms. The van der Waals surface area contributed by atoms with E-state index < -0.39 is 0 Å². The van der Waals surface area contributed by atoms with Crippen molar-refractivity contribution in [1.82, 2.24) is 0 Å². The van der Waals surface area contributed by atoms with Crippen LogP contribution in [-0.4, -0.2) is 7.05 Å². The number of hydrogen-bond acceptors (Lipinski definition) is 2. The third kappa shape index (κ3) is 2.66. The molecule has 0 saturated carbocycles. The Kier molecular flexibility index (Phi) is 4.20. The summed E-state index contributed by atoms with van der Waals surface area (Å²) in [7, 11) is 2.10. The fourth-order valence-corrected chi connectivity index (χ4v) is 3.64. The largest absolute Gasteiger partial charge is 0.454 e. The highest BCUT2D eigenvalue weighted by Crippen LogP contribution is 2.39. The number of hydrogen-bond donors (Lipinski definition) is 0. The topological polar surface area (TPSA) is 16.4 Å². The first-order chi connectivity index (χ1) is 12.6. The Labute approximate surface area is 155 Å². The van der Waals surface area contributed by atoms with Crippen molar-refractivity contribution in [3.05, 3.63) is 71.8 Å². The predicted molar refractivity (Wildman–Crippen MR) is 112 cm³/mol. The van der Waals surface area contributed by atoms with Crippen LogP contribution < -0.4 is 4.90 Å². The van der Waals surface area contributed by atoms with Crippen LogP contribution in [0, 0.1) is 0 Å². The summed E-state index contributed by atoms with van der Waals surface area (Å²) in [6.07, 6.45) is 1.06. The Bertz CT molecular complexity index is 1060. The van der Waals surface area contributed by atoms with Crippen molar-refractivity contribution in [2.45, 2.75) is 33.1 Å². The lowest BCUT2D eigenvalue weighted by Gasteiger charge is -2.20. The molecule has 0 spiro atoms. The van der Waals surface area contributed by atoms with Crippen molar-refractivity contribution in [2.24, 2.45) is 0 Å². The molecule has 4 aromatic rings. The van der Waals surface area contributed by atoms with Crippen molar-refractivity contribution >= 4 is 33.3 Å². The first kappa shape index (κ1) is 16.7. The highest BCUT2D eigenvalue weighted by molar-refractivity contribution is 6.10. The number of benzene rings is 3. The molecule has 0 saturated heterocycles. The lowest BCUT2D eigenvalue weighted by Crippen LogP contribution is -2.09. The summed E-state index contributed by atoms with van der Waals surface area (Å²) in [6.45, 7) is 6.61. The van der Waals surface area contributed by atoms with E-state index >= 15 is 0 Å². The van der Waals surface area contributed by atoms with E-state index in [1.807, 2.05) is 0 Å². The van der Waals surface area contributed by atoms with Crippen LogP contribution in [0.2, 0.25) is 0 Å². The van der Waals surface area contributed by atoms with Crippen LogP contribution in [0.25, 0.3) is 21.9 Å². The van der Waals surface area contributed by atoms with Gasteiger partial charge in [-0.25, -0.2) is 0 Å². The second-order valence-corrected chi connectivity index (χ2v) is 7.21. The van der Waals surface area contributed by atoms with E-state index in [2.05, 4.69) is 93.4 Å². The normalized spacial score (nSPS) is 11.6. The number of para-hydroxylation sites is 2. The zero-order chi connectivity index (χ0) is 18.3. The summed E-state index contributed by atoms with van der Waals surface area (Å²) >= 11 is 0. The van der Waals surface area contributed by atoms with E-state index in [4.69, 9.17) is 4.42 Å². The van der Waals surface area contributed by atoms with Crippen molar-refractivity contribution in [2.75, 3.05) is 11.9 Å². The van der Waals surface area contributed by atoms with Crippen LogP contribution in [0.1, 0.15) is 37.8 Å². The number of anilines is 2. The lowest BCUT2D eigenvalue weighted by molar-refractivity contribution is 0.657. The van der Waals surface area contributed by atoms with Gasteiger partial charge in [-0.2, -0.15) is 0 Å². The third-order valence-corrected chi connectivity index (χ3v) is 5.25. The summed E-state index contributed by atoms with van der Waals surface area (Å²) in [5.74, 6) is 0.432. The second-order valence-electron chi connectivity index (χ2n) is 7.21. The SMILES string of the molecule is CCc1ccc(N(C)c2cccc3c2oc2c(C(C)C)cccc23)cc1. The molecule has 4 rings (SSSR count). The average Bonchev–Trinajstić information content (AvgIpc) is 3.06. The third-order valence-electron chi connectivity index (χ3n) is 5.25. The van der Waals surface area contributed by atoms with Gasteiger partial charge in [0.1, 0.15) is 5.58 Å². The van der Waals surface area contributed by atoms with E-state index in [9.17, 15) is 0 Å². The van der Waals surface area contributed by atoms with Crippen LogP contribution in [0.5, 0.6) is 0 Å². The Hall–Kier alpha value is -2.74. The maximum Gasteiger partial charge on any atom is 0.159 e. The first-order valence-corrected chi connectivity index (χ1v) is 9.37. The van der Waals surface area contributed by atoms with Gasteiger partial charge >= 0.3 is 0 Å². The molecule has 3 aromatic carbocycles. The summed E-state index contributed by atoms with van der Waals surface area (Å²) in [5.41, 5.74) is 6.85. The van der Waals surface area contributed by atoms with E-state index in [0.29, 0.717) is 5.92 Å². The molecular weight excluding hydrogens is 318 g/mol. The molecule has 0 aliphatic heterocycles. The predicted octanol–water partition coefficient (Wildman–Crippen LogP) is 7.04. The maximum absolute atomic E-state index is 6.42. The molecule has 0 amide bonds. The molecule has 0 aliphatic carbocycles. The monoisotopic (exact) mass is 343 g/mol. The van der Waals surface area contributed by atoms with Crippen LogP contribution in [0.15, 0.2) is 65.1 Å². The van der Waals surface area contributed by atoms with Gasteiger partial charge in [-0.15, -0.1) is 0 Å². The number of fused-ring (bicyclic) bond motifs is 3. The van der Waals surface area contributed by atoms with E-state index in [1.54, 1.807) is 0 Å². The first-order valence-electron chi connectivity index (χ1n) is 9.37. The van der Waals surface area contributed by atoms with Crippen LogP contribution in [0.4, 0.5) is 11.4 Å². The molecule has 0 bridgehead atoms. The lowest BCUT2D eigenvalue weighted by atomic mass is 10.0. The number of rotatable bonds is 4. The fraction of sp³-hybridized carbons (Fsp3) is 0.250. The fourth-order valence-electron chi connectivity index (χ4n) is 3.64. The highest BCUT2D eigenvalue weighted by Gasteiger charge is 2.17. The van der Waals surface area contributed by atoms with Gasteiger partial charge in [-0.3, -0.25) is 0 Å². The molecule has 1 heterocycles. The Morgan fingerprint density at radius 2 is 1.50 bits per heavy atom. The average molecular weight is 343 g/mol. The van der Waals surface area contributed by atoms with Gasteiger partial charge in [-0.05, 0) is 41.7 Å². The summed E-state index contributed by atoms with van der Waals surface area (Å²) < 4.78 is 6.42. The smallest absolute Gasteiger partial charge is 0.159 e. The van der Waals surface area contributed by atoms with Crippen molar-refractivity contribution in [3.63, 3.8) is 0 Å². The molecule has 0 atom stereocenters. The minimum atomic E-state index is 0.432. The molecular formula is C24H25NO. The molecule has 2 nitrogen and oxygen atoms in total. The van der Waals surface area contributed by atoms with E-state index in [-0.39, 0.29) is 0 Å². The Morgan fingerprint density at radius 1 is 0.846 bits per heavy atom. The van der Waals surface area contributed by atoms with Gasteiger partial charge < -0.3 is 9.32 Å². The molecule has 132 valence electrons. The van der Waals surface area contributed by atoms with Crippen LogP contribution in [-0.2, 0) is 6.42 Å². The van der Waals surface area contributed by atoms with Gasteiger partial charge in [0.2, 0.25) is 0 Å². The number of aryl methyl sites for hydroxylation is 1. The molecule has 0 fully saturated rings. The highest BCUT2D eigenvalue weighted by atomic mass is 16.3. The minimum Gasteiger partial charge on any atom is -0.454 e. The molecule has 1 aromatic heterocycles. The number of furan rings is 1. The maximum atomic E-state index is 6.42. The zero-order valence-corrected chi connectivity index (χ0v) is 15.9. The van der Waals surface area contributed by atoms with Crippen LogP contribution >= 0.6 is 0 Å². The Morgan fingerprint density at radius 3 is 2.15 bits per heavy atom. The minimum absolute atomic E-state index is 0.432. The van der Waals surface area contributed by atoms with Crippen LogP contribution in [0.3, 0.4) is 0 Å². The van der Waals surface area contributed by atoms with Crippen molar-refractivity contribution in [3.8, 4) is 0 Å². The van der Waals surface area contributed by atoms with Gasteiger partial charge in [0.05, 0.1) is 5.69 Å². The quantitative estimate of drug-likeness (QED) is 0.395. The van der Waals surface area contributed by atoms with E-state index in [1.165, 1.54) is 27.6 Å². The van der Waals surface area contributed by atoms with Gasteiger partial charge in [-0.1, -0.05) is 63.2 Å². The van der Waals surface area contributed by atoms with E-state index in [0.717, 1.165) is 23.3 Å². The zero-order valence-electron chi connectivity index (χ0n) is 15.9. The summed E-state index contributed by atoms with van der Waals surface area (Å²) in [4.78, 5) is 2.21. The van der Waals surface area contributed by atoms with Gasteiger partial charge in [0.15, 0.2) is 5.58 Å². The molecule has 0 aliphatic rings. The van der Waals surface area contributed by atoms with Gasteiger partial charge in [0, 0.05) is 23.5 Å². The number of nitrogens with zero attached hydrogens (tertiary/aromatic N) is 1. The summed E-state index contributed by atoms with van der Waals surface area (Å²) in [6, 6.07) is 21.6. The summed E-state index contributed by atoms with van der Waals surface area (Å²) in [5, 5.41) is 2.37. The molecule has 0 radical (unpaired) electrons. The molecule has 0 unspecified atom stereocenters. The van der Waals surface area contributed by atoms with Crippen molar-refractivity contribution < 1.29 is 4.42 Å². The standard InChI is InChI=1S/C24H25NO/c1-5-17-12-14-18(15-13-17)25(4)22-11-7-10-21-20-9-6-8-19(16(2)3)23(20)26-24(21)22/h6-16H,5H2,1-4H3. The molecule has 2 heteroatoms. The Balaban J connectivity index is 1.89. The molecule has 0 N–H and O–H groups in total. The van der Waals surface area contributed by atoms with Crippen molar-refractivity contribution in [1.29, 1.82) is 0 Å².